The fraction of sp³-hybridized carbons (Fsp3) is 0.0500. The first-order chi connectivity index (χ1) is 15.5. The Labute approximate surface area is 184 Å². The number of carboxylic acid groups (broad SMARTS) is 1. The largest absolute Gasteiger partial charge is 0.477 e. The number of carbonyl (C=O) groups is 1. The maximum absolute atomic E-state index is 11.6. The number of nitrogens with one attached hydrogen (secondary N) is 1. The molecule has 11 nitrogen and oxygen atoms in total. The zero-order valence-corrected chi connectivity index (χ0v) is 17.1. The Hall–Kier alpha value is -4.45. The van der Waals surface area contributed by atoms with E-state index < -0.39 is 10.9 Å². The zero-order chi connectivity index (χ0) is 22.5. The first-order valence-electron chi connectivity index (χ1n) is 9.22. The van der Waals surface area contributed by atoms with Crippen LogP contribution in [-0.4, -0.2) is 41.7 Å². The summed E-state index contributed by atoms with van der Waals surface area (Å²) in [4.78, 5) is 26.6. The molecule has 0 fully saturated rings. The molecule has 0 bridgehead atoms. The number of benzene rings is 2. The van der Waals surface area contributed by atoms with E-state index in [9.17, 15) is 20.0 Å². The third-order valence-corrected chi connectivity index (χ3v) is 5.18. The summed E-state index contributed by atoms with van der Waals surface area (Å²) in [5.41, 5.74) is 4.87. The van der Waals surface area contributed by atoms with Crippen LogP contribution in [0, 0.1) is 10.1 Å². The van der Waals surface area contributed by atoms with E-state index >= 15 is 0 Å². The van der Waals surface area contributed by atoms with Crippen LogP contribution in [0.4, 0.5) is 10.8 Å². The van der Waals surface area contributed by atoms with Gasteiger partial charge in [-0.3, -0.25) is 15.5 Å². The summed E-state index contributed by atoms with van der Waals surface area (Å²) in [7, 11) is 0. The molecule has 0 radical (unpaired) electrons. The number of hydrazone groups is 1. The number of anilines is 1. The van der Waals surface area contributed by atoms with E-state index in [1.54, 1.807) is 23.1 Å². The van der Waals surface area contributed by atoms with Gasteiger partial charge in [-0.2, -0.15) is 5.10 Å². The van der Waals surface area contributed by atoms with Crippen LogP contribution in [0.1, 0.15) is 5.56 Å². The van der Waals surface area contributed by atoms with E-state index in [1.807, 2.05) is 29.6 Å². The highest BCUT2D eigenvalue weighted by Crippen LogP contribution is 2.26. The lowest BCUT2D eigenvalue weighted by Crippen LogP contribution is -2.18. The topological polar surface area (TPSA) is 148 Å². The summed E-state index contributed by atoms with van der Waals surface area (Å²) in [6.07, 6.45) is 3.12. The third kappa shape index (κ3) is 4.65. The summed E-state index contributed by atoms with van der Waals surface area (Å²) in [5, 5.41) is 34.5. The number of rotatable bonds is 8. The number of aromatic nitrogens is 4. The molecule has 0 spiro atoms. The summed E-state index contributed by atoms with van der Waals surface area (Å²) in [5.74, 6) is -1.28. The van der Waals surface area contributed by atoms with Crippen LogP contribution < -0.4 is 5.43 Å². The number of nitrogens with zero attached hydrogens (tertiary/aromatic N) is 6. The molecule has 32 heavy (non-hydrogen) atoms. The Balaban J connectivity index is 1.49. The number of nitro groups is 1. The molecule has 4 aromatic rings. The predicted octanol–water partition coefficient (Wildman–Crippen LogP) is 3.39. The third-order valence-electron chi connectivity index (χ3n) is 4.43. The minimum absolute atomic E-state index is 0.160. The minimum atomic E-state index is -1.28. The minimum Gasteiger partial charge on any atom is -0.477 e. The molecule has 4 rings (SSSR count). The molecule has 12 heteroatoms. The predicted molar refractivity (Wildman–Crippen MR) is 118 cm³/mol. The van der Waals surface area contributed by atoms with E-state index in [-0.39, 0.29) is 23.4 Å². The van der Waals surface area contributed by atoms with Crippen LogP contribution in [0.15, 0.2) is 71.4 Å². The number of hydrogen-bond acceptors (Lipinski definition) is 9. The Morgan fingerprint density at radius 3 is 2.69 bits per heavy atom. The SMILES string of the molecule is O=C(O)C(Cc1ccccc1[N+](=O)[O-])=NNc1nc(-c2ccc(-n3ccnn3)cc2)cs1. The number of thiazole rings is 1. The number of nitro benzene ring substituents is 1. The summed E-state index contributed by atoms with van der Waals surface area (Å²) < 4.78 is 1.64. The summed E-state index contributed by atoms with van der Waals surface area (Å²) >= 11 is 1.26. The van der Waals surface area contributed by atoms with Gasteiger partial charge in [-0.25, -0.2) is 14.5 Å². The second kappa shape index (κ2) is 9.14. The van der Waals surface area contributed by atoms with Crippen LogP contribution >= 0.6 is 11.3 Å². The van der Waals surface area contributed by atoms with Crippen LogP contribution in [0.25, 0.3) is 16.9 Å². The van der Waals surface area contributed by atoms with Gasteiger partial charge in [0.15, 0.2) is 0 Å². The number of aliphatic carboxylic acids is 1. The lowest BCUT2D eigenvalue weighted by molar-refractivity contribution is -0.385. The van der Waals surface area contributed by atoms with Gasteiger partial charge in [0, 0.05) is 29.0 Å². The molecule has 2 N–H and O–H groups in total. The average molecular weight is 449 g/mol. The van der Waals surface area contributed by atoms with Crippen LogP contribution in [-0.2, 0) is 11.2 Å². The monoisotopic (exact) mass is 449 g/mol. The number of para-hydroxylation sites is 1. The normalized spacial score (nSPS) is 11.3. The van der Waals surface area contributed by atoms with E-state index in [2.05, 4.69) is 25.8 Å². The molecule has 0 saturated heterocycles. The molecule has 2 aromatic heterocycles. The lowest BCUT2D eigenvalue weighted by atomic mass is 10.1. The van der Waals surface area contributed by atoms with Crippen molar-refractivity contribution in [3.05, 3.63) is 82.0 Å². The Morgan fingerprint density at radius 1 is 1.22 bits per heavy atom. The van der Waals surface area contributed by atoms with Crippen LogP contribution in [0.2, 0.25) is 0 Å². The fourth-order valence-electron chi connectivity index (χ4n) is 2.89. The zero-order valence-electron chi connectivity index (χ0n) is 16.3. The molecule has 0 aliphatic carbocycles. The molecule has 0 unspecified atom stereocenters. The van der Waals surface area contributed by atoms with Crippen molar-refractivity contribution in [2.24, 2.45) is 5.10 Å². The quantitative estimate of drug-likeness (QED) is 0.236. The molecule has 2 heterocycles. The van der Waals surface area contributed by atoms with Crippen molar-refractivity contribution < 1.29 is 14.8 Å². The van der Waals surface area contributed by atoms with Gasteiger partial charge < -0.3 is 5.11 Å². The van der Waals surface area contributed by atoms with Crippen molar-refractivity contribution in [2.45, 2.75) is 6.42 Å². The van der Waals surface area contributed by atoms with Crippen molar-refractivity contribution in [3.63, 3.8) is 0 Å². The maximum atomic E-state index is 11.6. The number of carboxylic acids is 1. The van der Waals surface area contributed by atoms with Gasteiger partial charge in [0.2, 0.25) is 5.13 Å². The first kappa shape index (κ1) is 20.8. The average Bonchev–Trinajstić information content (AvgIpc) is 3.49. The molecule has 0 saturated carbocycles. The molecule has 160 valence electrons. The van der Waals surface area contributed by atoms with Crippen LogP contribution in [0.3, 0.4) is 0 Å². The van der Waals surface area contributed by atoms with Gasteiger partial charge in [-0.1, -0.05) is 35.5 Å². The Bertz CT molecular complexity index is 1280. The summed E-state index contributed by atoms with van der Waals surface area (Å²) in [6, 6.07) is 13.5. The van der Waals surface area contributed by atoms with E-state index in [4.69, 9.17) is 0 Å². The first-order valence-corrected chi connectivity index (χ1v) is 10.1. The van der Waals surface area contributed by atoms with E-state index in [0.29, 0.717) is 10.8 Å². The second-order valence-electron chi connectivity index (χ2n) is 6.47. The van der Waals surface area contributed by atoms with E-state index in [1.165, 1.54) is 29.5 Å². The molecule has 0 aliphatic rings. The van der Waals surface area contributed by atoms with Crippen LogP contribution in [0.5, 0.6) is 0 Å². The highest BCUT2D eigenvalue weighted by Gasteiger charge is 2.18. The molecule has 2 aromatic carbocycles. The van der Waals surface area contributed by atoms with Crippen molar-refractivity contribution in [3.8, 4) is 16.9 Å². The second-order valence-corrected chi connectivity index (χ2v) is 7.33. The van der Waals surface area contributed by atoms with Gasteiger partial charge >= 0.3 is 5.97 Å². The molecule has 0 amide bonds. The van der Waals surface area contributed by atoms with Gasteiger partial charge in [-0.15, -0.1) is 16.4 Å². The lowest BCUT2D eigenvalue weighted by Gasteiger charge is -2.04. The smallest absolute Gasteiger partial charge is 0.352 e. The fourth-order valence-corrected chi connectivity index (χ4v) is 3.55. The molecule has 0 aliphatic heterocycles. The van der Waals surface area contributed by atoms with Crippen molar-refractivity contribution in [2.75, 3.05) is 5.43 Å². The van der Waals surface area contributed by atoms with Crippen molar-refractivity contribution >= 4 is 33.8 Å². The Morgan fingerprint density at radius 2 is 2.00 bits per heavy atom. The van der Waals surface area contributed by atoms with Gasteiger partial charge in [0.05, 0.1) is 28.7 Å². The van der Waals surface area contributed by atoms with Gasteiger partial charge in [-0.05, 0) is 12.1 Å². The van der Waals surface area contributed by atoms with Crippen molar-refractivity contribution in [1.82, 2.24) is 20.0 Å². The molecular formula is C20H15N7O4S. The Kier molecular flexibility index (Phi) is 5.94. The van der Waals surface area contributed by atoms with Gasteiger partial charge in [0.25, 0.3) is 5.69 Å². The van der Waals surface area contributed by atoms with E-state index in [0.717, 1.165) is 11.3 Å². The van der Waals surface area contributed by atoms with Crippen molar-refractivity contribution in [1.29, 1.82) is 0 Å². The highest BCUT2D eigenvalue weighted by molar-refractivity contribution is 7.14. The standard InChI is InChI=1S/C20H15N7O4S/c28-19(29)16(11-14-3-1-2-4-18(14)27(30)31)23-24-20-22-17(12-32-20)13-5-7-15(8-6-13)26-10-9-21-25-26/h1-10,12H,11H2,(H,22,24)(H,28,29). The molecular weight excluding hydrogens is 434 g/mol. The maximum Gasteiger partial charge on any atom is 0.352 e. The highest BCUT2D eigenvalue weighted by atomic mass is 32.1. The van der Waals surface area contributed by atoms with Gasteiger partial charge in [0.1, 0.15) is 5.71 Å². The molecule has 0 atom stereocenters. The number of hydrogen-bond donors (Lipinski definition) is 2. The summed E-state index contributed by atoms with van der Waals surface area (Å²) in [6.45, 7) is 0.